The first-order valence-electron chi connectivity index (χ1n) is 12.5. The maximum absolute atomic E-state index is 13.6. The Hall–Kier alpha value is -3.58. The Balaban J connectivity index is 1.56. The maximum atomic E-state index is 13.6. The van der Waals surface area contributed by atoms with E-state index >= 15 is 0 Å². The average molecular weight is 514 g/mol. The topological polar surface area (TPSA) is 64.4 Å². The molecule has 6 nitrogen and oxygen atoms in total. The Labute approximate surface area is 221 Å². The number of nitrogens with zero attached hydrogens (tertiary/aromatic N) is 3. The van der Waals surface area contributed by atoms with Crippen molar-refractivity contribution < 1.29 is 14.3 Å². The van der Waals surface area contributed by atoms with Crippen LogP contribution in [0.2, 0.25) is 0 Å². The van der Waals surface area contributed by atoms with Gasteiger partial charge in [-0.25, -0.2) is 14.7 Å². The molecule has 190 valence electrons. The predicted octanol–water partition coefficient (Wildman–Crippen LogP) is 6.06. The third-order valence-electron chi connectivity index (χ3n) is 6.58. The van der Waals surface area contributed by atoms with Crippen LogP contribution in [0.1, 0.15) is 37.5 Å². The van der Waals surface area contributed by atoms with Crippen LogP contribution in [0.25, 0.3) is 11.0 Å². The van der Waals surface area contributed by atoms with E-state index in [-0.39, 0.29) is 24.5 Å². The van der Waals surface area contributed by atoms with Crippen LogP contribution in [-0.2, 0) is 27.9 Å². The summed E-state index contributed by atoms with van der Waals surface area (Å²) in [5, 5.41) is 0.230. The van der Waals surface area contributed by atoms with Gasteiger partial charge in [0.15, 0.2) is 5.16 Å². The van der Waals surface area contributed by atoms with Crippen molar-refractivity contribution in [3.05, 3.63) is 95.6 Å². The van der Waals surface area contributed by atoms with Crippen LogP contribution in [0.5, 0.6) is 0 Å². The molecule has 7 heteroatoms. The highest BCUT2D eigenvalue weighted by Crippen LogP contribution is 2.33. The van der Waals surface area contributed by atoms with Gasteiger partial charge in [-0.2, -0.15) is 0 Å². The Bertz CT molecular complexity index is 1410. The lowest BCUT2D eigenvalue weighted by atomic mass is 9.87. The molecule has 2 amide bonds. The molecular formula is C30H31N3O3S. The fraction of sp³-hybridized carbons (Fsp3) is 0.300. The number of hydrogen-bond donors (Lipinski definition) is 0. The van der Waals surface area contributed by atoms with Crippen molar-refractivity contribution in [2.75, 3.05) is 13.2 Å². The fourth-order valence-electron chi connectivity index (χ4n) is 4.49. The molecule has 1 aliphatic heterocycles. The summed E-state index contributed by atoms with van der Waals surface area (Å²) in [6.07, 6.45) is -0.0909. The first-order chi connectivity index (χ1) is 17.8. The Kier molecular flexibility index (Phi) is 7.07. The second-order valence-electron chi connectivity index (χ2n) is 10.3. The number of hydrogen-bond acceptors (Lipinski definition) is 5. The lowest BCUT2D eigenvalue weighted by molar-refractivity contribution is -0.127. The quantitative estimate of drug-likeness (QED) is 0.281. The van der Waals surface area contributed by atoms with E-state index in [9.17, 15) is 9.59 Å². The lowest BCUT2D eigenvalue weighted by Crippen LogP contribution is -2.39. The molecule has 3 aromatic carbocycles. The largest absolute Gasteiger partial charge is 0.447 e. The molecule has 0 bridgehead atoms. The number of benzene rings is 3. The van der Waals surface area contributed by atoms with E-state index in [1.54, 1.807) is 0 Å². The van der Waals surface area contributed by atoms with Crippen LogP contribution in [0, 0.1) is 0 Å². The number of cyclic esters (lactones) is 1. The molecule has 0 radical (unpaired) electrons. The summed E-state index contributed by atoms with van der Waals surface area (Å²) in [5.41, 5.74) is 5.30. The minimum absolute atomic E-state index is 0.00731. The van der Waals surface area contributed by atoms with Gasteiger partial charge >= 0.3 is 6.09 Å². The maximum Gasteiger partial charge on any atom is 0.416 e. The number of fused-ring (bicyclic) bond motifs is 1. The summed E-state index contributed by atoms with van der Waals surface area (Å²) in [4.78, 5) is 32.1. The second kappa shape index (κ2) is 10.4. The van der Waals surface area contributed by atoms with Crippen molar-refractivity contribution in [2.24, 2.45) is 0 Å². The van der Waals surface area contributed by atoms with Crippen LogP contribution >= 0.6 is 11.8 Å². The third kappa shape index (κ3) is 5.57. The molecule has 0 N–H and O–H groups in total. The molecule has 1 unspecified atom stereocenters. The molecule has 1 aliphatic rings. The first kappa shape index (κ1) is 25.1. The Morgan fingerprint density at radius 2 is 1.68 bits per heavy atom. The van der Waals surface area contributed by atoms with Crippen LogP contribution in [0.3, 0.4) is 0 Å². The normalized spacial score (nSPS) is 14.7. The van der Waals surface area contributed by atoms with Gasteiger partial charge in [-0.15, -0.1) is 0 Å². The van der Waals surface area contributed by atoms with Crippen LogP contribution in [-0.4, -0.2) is 44.9 Å². The number of rotatable bonds is 7. The van der Waals surface area contributed by atoms with E-state index in [1.165, 1.54) is 22.2 Å². The zero-order valence-corrected chi connectivity index (χ0v) is 22.2. The van der Waals surface area contributed by atoms with Gasteiger partial charge in [-0.3, -0.25) is 4.79 Å². The number of thioether (sulfide) groups is 1. The molecule has 0 spiro atoms. The van der Waals surface area contributed by atoms with Crippen LogP contribution in [0.15, 0.2) is 84.0 Å². The average Bonchev–Trinajstić information content (AvgIpc) is 3.46. The SMILES string of the molecule is CC(C)(C)c1ccc2c(c1)nc(SC(Cc1ccccc1)C(=O)N1CCOC1=O)n2Cc1ccccc1. The second-order valence-corrected chi connectivity index (χ2v) is 11.5. The predicted molar refractivity (Wildman–Crippen MR) is 147 cm³/mol. The summed E-state index contributed by atoms with van der Waals surface area (Å²) >= 11 is 1.42. The monoisotopic (exact) mass is 513 g/mol. The number of carbonyl (C=O) groups excluding carboxylic acids is 2. The van der Waals surface area contributed by atoms with Gasteiger partial charge in [0.1, 0.15) is 6.61 Å². The number of ether oxygens (including phenoxy) is 1. The van der Waals surface area contributed by atoms with Crippen molar-refractivity contribution in [3.63, 3.8) is 0 Å². The first-order valence-corrected chi connectivity index (χ1v) is 13.4. The summed E-state index contributed by atoms with van der Waals surface area (Å²) in [7, 11) is 0. The van der Waals surface area contributed by atoms with Gasteiger partial charge in [0.05, 0.1) is 29.4 Å². The van der Waals surface area contributed by atoms with Crippen molar-refractivity contribution in [1.29, 1.82) is 0 Å². The molecule has 0 saturated carbocycles. The smallest absolute Gasteiger partial charge is 0.416 e. The van der Waals surface area contributed by atoms with Crippen molar-refractivity contribution in [1.82, 2.24) is 14.5 Å². The van der Waals surface area contributed by atoms with Crippen LogP contribution in [0.4, 0.5) is 4.79 Å². The highest BCUT2D eigenvalue weighted by molar-refractivity contribution is 8.00. The van der Waals surface area contributed by atoms with Gasteiger partial charge in [0, 0.05) is 0 Å². The highest BCUT2D eigenvalue weighted by Gasteiger charge is 2.35. The molecule has 5 rings (SSSR count). The molecule has 2 heterocycles. The fourth-order valence-corrected chi connectivity index (χ4v) is 5.68. The van der Waals surface area contributed by atoms with E-state index in [4.69, 9.17) is 9.72 Å². The van der Waals surface area contributed by atoms with E-state index in [1.807, 2.05) is 48.5 Å². The minimum Gasteiger partial charge on any atom is -0.447 e. The van der Waals surface area contributed by atoms with E-state index in [2.05, 4.69) is 55.7 Å². The molecular weight excluding hydrogens is 482 g/mol. The van der Waals surface area contributed by atoms with Crippen molar-refractivity contribution in [2.45, 2.75) is 49.6 Å². The van der Waals surface area contributed by atoms with Gasteiger partial charge in [0.2, 0.25) is 5.91 Å². The summed E-state index contributed by atoms with van der Waals surface area (Å²) in [5.74, 6) is -0.245. The molecule has 1 aromatic heterocycles. The Morgan fingerprint density at radius 3 is 2.30 bits per heavy atom. The number of carbonyl (C=O) groups is 2. The summed E-state index contributed by atoms with van der Waals surface area (Å²) in [6.45, 7) is 7.71. The molecule has 0 aliphatic carbocycles. The zero-order chi connectivity index (χ0) is 26.0. The molecule has 1 fully saturated rings. The van der Waals surface area contributed by atoms with Gasteiger partial charge in [-0.1, -0.05) is 99.3 Å². The number of aromatic nitrogens is 2. The summed E-state index contributed by atoms with van der Waals surface area (Å²) in [6, 6.07) is 26.6. The lowest BCUT2D eigenvalue weighted by Gasteiger charge is -2.20. The van der Waals surface area contributed by atoms with Crippen molar-refractivity contribution >= 4 is 34.8 Å². The van der Waals surface area contributed by atoms with Crippen molar-refractivity contribution in [3.8, 4) is 0 Å². The Morgan fingerprint density at radius 1 is 1.00 bits per heavy atom. The zero-order valence-electron chi connectivity index (χ0n) is 21.4. The number of amides is 2. The molecule has 37 heavy (non-hydrogen) atoms. The van der Waals surface area contributed by atoms with Gasteiger partial charge in [0.25, 0.3) is 0 Å². The minimum atomic E-state index is -0.573. The number of imidazole rings is 1. The van der Waals surface area contributed by atoms with E-state index in [0.717, 1.165) is 27.3 Å². The van der Waals surface area contributed by atoms with E-state index in [0.29, 0.717) is 13.0 Å². The number of imide groups is 1. The standard InChI is InChI=1S/C30H31N3O3S/c1-30(2,3)23-14-15-25-24(19-23)31-28(33(25)20-22-12-8-5-9-13-22)37-26(18-21-10-6-4-7-11-21)27(34)32-16-17-36-29(32)35/h4-15,19,26H,16-18,20H2,1-3H3. The summed E-state index contributed by atoms with van der Waals surface area (Å²) < 4.78 is 7.24. The van der Waals surface area contributed by atoms with E-state index < -0.39 is 11.3 Å². The van der Waals surface area contributed by atoms with Gasteiger partial charge < -0.3 is 9.30 Å². The third-order valence-corrected chi connectivity index (χ3v) is 7.75. The molecule has 1 saturated heterocycles. The molecule has 4 aromatic rings. The van der Waals surface area contributed by atoms with Crippen LogP contribution < -0.4 is 0 Å². The molecule has 1 atom stereocenters. The highest BCUT2D eigenvalue weighted by atomic mass is 32.2. The van der Waals surface area contributed by atoms with Gasteiger partial charge in [-0.05, 0) is 40.7 Å².